The molecule has 0 fully saturated rings. The summed E-state index contributed by atoms with van der Waals surface area (Å²) in [5.74, 6) is 2.59. The summed E-state index contributed by atoms with van der Waals surface area (Å²) in [5, 5.41) is 9.08. The van der Waals surface area contributed by atoms with E-state index in [2.05, 4.69) is 113 Å². The zero-order valence-corrected chi connectivity index (χ0v) is 22.9. The molecule has 0 saturated carbocycles. The first kappa shape index (κ1) is 22.3. The van der Waals surface area contributed by atoms with Gasteiger partial charge in [0.2, 0.25) is 5.69 Å². The van der Waals surface area contributed by atoms with Crippen LogP contribution in [0.15, 0.2) is 60.8 Å². The topological polar surface area (TPSA) is 13.1 Å². The fourth-order valence-electron chi connectivity index (χ4n) is 5.85. The minimum atomic E-state index is -1.42. The average Bonchev–Trinajstić information content (AvgIpc) is 2.82. The lowest BCUT2D eigenvalue weighted by Gasteiger charge is -2.27. The monoisotopic (exact) mass is 476 g/mol. The van der Waals surface area contributed by atoms with Crippen LogP contribution >= 0.6 is 0 Å². The Labute approximate surface area is 209 Å². The van der Waals surface area contributed by atoms with Gasteiger partial charge in [0.1, 0.15) is 18.5 Å². The summed E-state index contributed by atoms with van der Waals surface area (Å²) >= 11 is 0. The highest BCUT2D eigenvalue weighted by molar-refractivity contribution is 6.88. The van der Waals surface area contributed by atoms with E-state index >= 15 is 0 Å². The number of fused-ring (bicyclic) bond motifs is 5. The first-order valence-electron chi connectivity index (χ1n) is 12.8. The third-order valence-electron chi connectivity index (χ3n) is 7.64. The maximum atomic E-state index is 7.06. The molecule has 0 aliphatic carbocycles. The van der Waals surface area contributed by atoms with Crippen LogP contribution in [0.4, 0.5) is 0 Å². The lowest BCUT2D eigenvalue weighted by molar-refractivity contribution is -0.659. The third-order valence-corrected chi connectivity index (χ3v) is 9.68. The van der Waals surface area contributed by atoms with Gasteiger partial charge in [-0.3, -0.25) is 0 Å². The van der Waals surface area contributed by atoms with Gasteiger partial charge >= 0.3 is 0 Å². The van der Waals surface area contributed by atoms with Gasteiger partial charge in [-0.15, -0.1) is 0 Å². The van der Waals surface area contributed by atoms with Crippen molar-refractivity contribution in [1.82, 2.24) is 0 Å². The van der Waals surface area contributed by atoms with E-state index in [0.717, 1.165) is 17.9 Å². The summed E-state index contributed by atoms with van der Waals surface area (Å²) in [6, 6.07) is 20.5. The SMILES string of the molecule is Cc1c2c(c(CC(C)C)c3ccccc13)Oc1c3ccc([Si](C)(C)C)cc3cc3cc[n+](C)c-2c13. The number of aromatic nitrogens is 1. The molecule has 2 nitrogen and oxygen atoms in total. The molecule has 1 aromatic heterocycles. The Morgan fingerprint density at radius 1 is 0.857 bits per heavy atom. The Kier molecular flexibility index (Phi) is 4.88. The lowest BCUT2D eigenvalue weighted by atomic mass is 9.85. The second kappa shape index (κ2) is 7.66. The third kappa shape index (κ3) is 3.32. The smallest absolute Gasteiger partial charge is 0.228 e. The molecule has 1 aliphatic heterocycles. The number of hydrogen-bond acceptors (Lipinski definition) is 1. The second-order valence-electron chi connectivity index (χ2n) is 11.7. The van der Waals surface area contributed by atoms with Crippen LogP contribution in [0.5, 0.6) is 11.5 Å². The number of benzene rings is 4. The van der Waals surface area contributed by atoms with E-state index in [4.69, 9.17) is 4.74 Å². The number of ether oxygens (including phenoxy) is 1. The highest BCUT2D eigenvalue weighted by Gasteiger charge is 2.34. The average molecular weight is 477 g/mol. The number of hydrogen-bond donors (Lipinski definition) is 0. The molecule has 35 heavy (non-hydrogen) atoms. The standard InChI is InChI=1S/C32H34NOSi/c1-19(2)16-27-26-11-9-8-10-24(26)20(3)28-30-29-21(14-15-33(30)4)17-22-18-23(35(5,6)7)12-13-25(22)31(29)34-32(27)28/h8-15,17-19H,16H2,1-7H3/q+1. The van der Waals surface area contributed by atoms with Crippen molar-refractivity contribution in [3.8, 4) is 22.8 Å². The Morgan fingerprint density at radius 3 is 2.31 bits per heavy atom. The minimum Gasteiger partial charge on any atom is -0.455 e. The summed E-state index contributed by atoms with van der Waals surface area (Å²) < 4.78 is 9.35. The Bertz CT molecular complexity index is 1670. The van der Waals surface area contributed by atoms with Crippen molar-refractivity contribution >= 4 is 45.6 Å². The molecule has 176 valence electrons. The molecule has 0 saturated heterocycles. The van der Waals surface area contributed by atoms with Crippen molar-refractivity contribution < 1.29 is 9.30 Å². The molecule has 4 aromatic carbocycles. The van der Waals surface area contributed by atoms with Gasteiger partial charge in [-0.2, -0.15) is 0 Å². The minimum absolute atomic E-state index is 0.534. The molecule has 0 radical (unpaired) electrons. The van der Waals surface area contributed by atoms with Gasteiger partial charge in [-0.25, -0.2) is 4.57 Å². The Morgan fingerprint density at radius 2 is 1.60 bits per heavy atom. The fourth-order valence-corrected chi connectivity index (χ4v) is 7.02. The molecule has 0 amide bonds. The molecular formula is C32H34NOSi+. The second-order valence-corrected chi connectivity index (χ2v) is 16.8. The van der Waals surface area contributed by atoms with Gasteiger partial charge in [-0.1, -0.05) is 81.1 Å². The van der Waals surface area contributed by atoms with Crippen LogP contribution in [0.2, 0.25) is 19.6 Å². The first-order valence-corrected chi connectivity index (χ1v) is 16.3. The van der Waals surface area contributed by atoms with Gasteiger partial charge in [0.05, 0.1) is 19.0 Å². The molecule has 0 N–H and O–H groups in total. The molecule has 3 heteroatoms. The van der Waals surface area contributed by atoms with Crippen LogP contribution in [0, 0.1) is 12.8 Å². The van der Waals surface area contributed by atoms with E-state index < -0.39 is 8.07 Å². The maximum absolute atomic E-state index is 7.06. The molecular weight excluding hydrogens is 442 g/mol. The zero-order valence-electron chi connectivity index (χ0n) is 21.9. The zero-order chi connectivity index (χ0) is 24.6. The van der Waals surface area contributed by atoms with Crippen molar-refractivity contribution in [2.45, 2.75) is 46.8 Å². The van der Waals surface area contributed by atoms with E-state index in [0.29, 0.717) is 5.92 Å². The van der Waals surface area contributed by atoms with Gasteiger partial charge < -0.3 is 4.74 Å². The maximum Gasteiger partial charge on any atom is 0.228 e. The van der Waals surface area contributed by atoms with E-state index in [1.54, 1.807) is 0 Å². The largest absolute Gasteiger partial charge is 0.455 e. The summed E-state index contributed by atoms with van der Waals surface area (Å²) in [5.41, 5.74) is 5.14. The summed E-state index contributed by atoms with van der Waals surface area (Å²) in [6.07, 6.45) is 3.20. The predicted octanol–water partition coefficient (Wildman–Crippen LogP) is 7.80. The lowest BCUT2D eigenvalue weighted by Crippen LogP contribution is -2.37. The molecule has 6 rings (SSSR count). The van der Waals surface area contributed by atoms with Crippen molar-refractivity contribution in [3.63, 3.8) is 0 Å². The van der Waals surface area contributed by atoms with Crippen LogP contribution in [-0.2, 0) is 13.5 Å². The van der Waals surface area contributed by atoms with Crippen LogP contribution in [-0.4, -0.2) is 8.07 Å². The van der Waals surface area contributed by atoms with Crippen molar-refractivity contribution in [2.24, 2.45) is 13.0 Å². The summed E-state index contributed by atoms with van der Waals surface area (Å²) in [7, 11) is 0.750. The van der Waals surface area contributed by atoms with Gasteiger partial charge in [0, 0.05) is 17.0 Å². The fraction of sp³-hybridized carbons (Fsp3) is 0.281. The van der Waals surface area contributed by atoms with E-state index in [1.165, 1.54) is 59.9 Å². The molecule has 0 atom stereocenters. The Hall–Kier alpha value is -3.17. The van der Waals surface area contributed by atoms with Crippen LogP contribution in [0.25, 0.3) is 43.6 Å². The van der Waals surface area contributed by atoms with Gasteiger partial charge in [0.25, 0.3) is 0 Å². The highest BCUT2D eigenvalue weighted by atomic mass is 28.3. The summed E-state index contributed by atoms with van der Waals surface area (Å²) in [6.45, 7) is 14.1. The molecule has 1 aliphatic rings. The highest BCUT2D eigenvalue weighted by Crippen LogP contribution is 2.52. The van der Waals surface area contributed by atoms with Crippen molar-refractivity contribution in [3.05, 3.63) is 71.9 Å². The normalized spacial score (nSPS) is 13.0. The number of nitrogens with zero attached hydrogens (tertiary/aromatic N) is 1. The molecule has 2 heterocycles. The van der Waals surface area contributed by atoms with E-state index in [9.17, 15) is 0 Å². The van der Waals surface area contributed by atoms with Crippen LogP contribution in [0.3, 0.4) is 0 Å². The molecule has 0 spiro atoms. The molecule has 0 unspecified atom stereocenters. The number of pyridine rings is 1. The van der Waals surface area contributed by atoms with Gasteiger partial charge in [-0.05, 0) is 52.4 Å². The van der Waals surface area contributed by atoms with E-state index in [-0.39, 0.29) is 0 Å². The van der Waals surface area contributed by atoms with E-state index in [1.807, 2.05) is 0 Å². The van der Waals surface area contributed by atoms with Crippen molar-refractivity contribution in [1.29, 1.82) is 0 Å². The summed E-state index contributed by atoms with van der Waals surface area (Å²) in [4.78, 5) is 0. The first-order chi connectivity index (χ1) is 16.6. The number of rotatable bonds is 3. The molecule has 5 aromatic rings. The number of aryl methyl sites for hydroxylation is 2. The quantitative estimate of drug-likeness (QED) is 0.144. The van der Waals surface area contributed by atoms with Crippen LogP contribution in [0.1, 0.15) is 25.0 Å². The molecule has 0 bridgehead atoms. The van der Waals surface area contributed by atoms with Gasteiger partial charge in [0.15, 0.2) is 6.20 Å². The predicted molar refractivity (Wildman–Crippen MR) is 152 cm³/mol. The van der Waals surface area contributed by atoms with Crippen molar-refractivity contribution in [2.75, 3.05) is 0 Å². The van der Waals surface area contributed by atoms with Crippen LogP contribution < -0.4 is 14.5 Å². The Balaban J connectivity index is 1.78.